The molecule has 0 saturated carbocycles. The number of aromatic nitrogens is 3. The lowest BCUT2D eigenvalue weighted by molar-refractivity contribution is 0.475. The van der Waals surface area contributed by atoms with Crippen molar-refractivity contribution < 1.29 is 5.11 Å². The normalized spacial score (nSPS) is 11.1. The molecule has 110 valence electrons. The number of aromatic amines is 1. The molecule has 0 radical (unpaired) electrons. The third kappa shape index (κ3) is 3.15. The van der Waals surface area contributed by atoms with Crippen LogP contribution < -0.4 is 0 Å². The molecule has 0 aliphatic heterocycles. The molecule has 22 heavy (non-hydrogen) atoms. The fourth-order valence-electron chi connectivity index (χ4n) is 1.87. The van der Waals surface area contributed by atoms with Crippen molar-refractivity contribution in [3.05, 3.63) is 63.3 Å². The second-order valence-electron chi connectivity index (χ2n) is 4.51. The Morgan fingerprint density at radius 3 is 2.50 bits per heavy atom. The van der Waals surface area contributed by atoms with Crippen LogP contribution in [0.15, 0.2) is 58.1 Å². The van der Waals surface area contributed by atoms with Crippen LogP contribution in [0.2, 0.25) is 0 Å². The summed E-state index contributed by atoms with van der Waals surface area (Å²) in [5.74, 6) is 0.847. The predicted octanol–water partition coefficient (Wildman–Crippen LogP) is 3.96. The van der Waals surface area contributed by atoms with Crippen molar-refractivity contribution in [1.82, 2.24) is 14.9 Å². The molecule has 0 aliphatic rings. The smallest absolute Gasteiger partial charge is 0.216 e. The second kappa shape index (κ2) is 6.25. The van der Waals surface area contributed by atoms with Crippen LogP contribution in [0.3, 0.4) is 0 Å². The Morgan fingerprint density at radius 1 is 1.14 bits per heavy atom. The first kappa shape index (κ1) is 14.7. The maximum atomic E-state index is 9.28. The van der Waals surface area contributed by atoms with E-state index in [1.807, 2.05) is 24.3 Å². The van der Waals surface area contributed by atoms with Crippen LogP contribution in [0.1, 0.15) is 5.56 Å². The molecule has 0 aliphatic carbocycles. The fourth-order valence-corrected chi connectivity index (χ4v) is 2.31. The van der Waals surface area contributed by atoms with Gasteiger partial charge in [0.15, 0.2) is 5.82 Å². The van der Waals surface area contributed by atoms with Crippen molar-refractivity contribution in [2.45, 2.75) is 0 Å². The minimum absolute atomic E-state index is 0.215. The Hall–Kier alpha value is -2.25. The predicted molar refractivity (Wildman–Crippen MR) is 91.6 cm³/mol. The summed E-state index contributed by atoms with van der Waals surface area (Å²) in [5, 5.41) is 20.6. The summed E-state index contributed by atoms with van der Waals surface area (Å²) in [6.45, 7) is 0. The zero-order chi connectivity index (χ0) is 15.5. The van der Waals surface area contributed by atoms with E-state index in [1.165, 1.54) is 0 Å². The van der Waals surface area contributed by atoms with E-state index in [1.54, 1.807) is 35.2 Å². The number of nitrogens with zero attached hydrogens (tertiary/aromatic N) is 3. The number of H-pyrrole nitrogens is 1. The van der Waals surface area contributed by atoms with Crippen LogP contribution in [0, 0.1) is 4.77 Å². The average molecular weight is 375 g/mol. The Labute approximate surface area is 140 Å². The Morgan fingerprint density at radius 2 is 1.82 bits per heavy atom. The number of nitrogens with one attached hydrogen (secondary N) is 1. The van der Waals surface area contributed by atoms with Crippen LogP contribution in [0.4, 0.5) is 0 Å². The maximum Gasteiger partial charge on any atom is 0.216 e. The first-order chi connectivity index (χ1) is 10.6. The highest BCUT2D eigenvalue weighted by Gasteiger charge is 2.07. The van der Waals surface area contributed by atoms with Crippen LogP contribution in [0.5, 0.6) is 5.75 Å². The van der Waals surface area contributed by atoms with Crippen LogP contribution in [-0.2, 0) is 0 Å². The molecule has 1 heterocycles. The lowest BCUT2D eigenvalue weighted by Crippen LogP contribution is -1.94. The molecule has 5 nitrogen and oxygen atoms in total. The second-order valence-corrected chi connectivity index (χ2v) is 5.81. The number of aromatic hydroxyl groups is 1. The van der Waals surface area contributed by atoms with Gasteiger partial charge in [-0.3, -0.25) is 0 Å². The minimum Gasteiger partial charge on any atom is -0.508 e. The SMILES string of the molecule is Oc1ccc(/C=N/n2c(-c3ccc(Br)cc3)n[nH]c2=S)cc1. The van der Waals surface area contributed by atoms with E-state index < -0.39 is 0 Å². The molecule has 1 aromatic heterocycles. The van der Waals surface area contributed by atoms with Crippen molar-refractivity contribution in [2.24, 2.45) is 5.10 Å². The molecule has 0 spiro atoms. The van der Waals surface area contributed by atoms with Crippen molar-refractivity contribution >= 4 is 34.4 Å². The number of phenols is 1. The zero-order valence-electron chi connectivity index (χ0n) is 11.3. The van der Waals surface area contributed by atoms with E-state index >= 15 is 0 Å². The van der Waals surface area contributed by atoms with E-state index in [4.69, 9.17) is 12.2 Å². The molecule has 0 bridgehead atoms. The topological polar surface area (TPSA) is 66.2 Å². The highest BCUT2D eigenvalue weighted by molar-refractivity contribution is 9.10. The molecule has 0 atom stereocenters. The van der Waals surface area contributed by atoms with Gasteiger partial charge in [-0.15, -0.1) is 0 Å². The fraction of sp³-hybridized carbons (Fsp3) is 0. The Balaban J connectivity index is 1.97. The molecular formula is C15H11BrN4OS. The van der Waals surface area contributed by atoms with Gasteiger partial charge in [0.2, 0.25) is 4.77 Å². The number of rotatable bonds is 3. The molecule has 0 fully saturated rings. The van der Waals surface area contributed by atoms with E-state index in [2.05, 4.69) is 31.2 Å². The summed E-state index contributed by atoms with van der Waals surface area (Å²) >= 11 is 8.62. The van der Waals surface area contributed by atoms with Gasteiger partial charge < -0.3 is 5.11 Å². The highest BCUT2D eigenvalue weighted by atomic mass is 79.9. The number of benzene rings is 2. The van der Waals surface area contributed by atoms with Gasteiger partial charge in [-0.05, 0) is 54.2 Å². The van der Waals surface area contributed by atoms with E-state index in [9.17, 15) is 5.11 Å². The van der Waals surface area contributed by atoms with Gasteiger partial charge >= 0.3 is 0 Å². The summed E-state index contributed by atoms with van der Waals surface area (Å²) in [7, 11) is 0. The maximum absolute atomic E-state index is 9.28. The Kier molecular flexibility index (Phi) is 4.17. The standard InChI is InChI=1S/C15H11BrN4OS/c16-12-5-3-11(4-6-12)14-18-19-15(22)20(14)17-9-10-1-7-13(21)8-2-10/h1-9,21H,(H,19,22)/b17-9+. The van der Waals surface area contributed by atoms with E-state index in [0.29, 0.717) is 10.6 Å². The summed E-state index contributed by atoms with van der Waals surface area (Å²) in [6.07, 6.45) is 1.66. The lowest BCUT2D eigenvalue weighted by atomic mass is 10.2. The average Bonchev–Trinajstić information content (AvgIpc) is 2.89. The molecule has 0 amide bonds. The van der Waals surface area contributed by atoms with Crippen LogP contribution in [0.25, 0.3) is 11.4 Å². The molecule has 3 rings (SSSR count). The summed E-state index contributed by atoms with van der Waals surface area (Å²) in [5.41, 5.74) is 1.75. The third-order valence-corrected chi connectivity index (χ3v) is 3.76. The van der Waals surface area contributed by atoms with Crippen LogP contribution >= 0.6 is 28.1 Å². The minimum atomic E-state index is 0.215. The van der Waals surface area contributed by atoms with Crippen molar-refractivity contribution in [2.75, 3.05) is 0 Å². The van der Waals surface area contributed by atoms with Gasteiger partial charge in [-0.25, -0.2) is 5.10 Å². The number of hydrogen-bond donors (Lipinski definition) is 2. The lowest BCUT2D eigenvalue weighted by Gasteiger charge is -2.01. The molecular weight excluding hydrogens is 364 g/mol. The molecule has 2 aromatic carbocycles. The Bertz CT molecular complexity index is 866. The van der Waals surface area contributed by atoms with Crippen molar-refractivity contribution in [3.8, 4) is 17.1 Å². The number of hydrogen-bond acceptors (Lipinski definition) is 4. The van der Waals surface area contributed by atoms with Gasteiger partial charge in [-0.2, -0.15) is 14.9 Å². The zero-order valence-corrected chi connectivity index (χ0v) is 13.7. The van der Waals surface area contributed by atoms with Gasteiger partial charge in [0, 0.05) is 10.0 Å². The summed E-state index contributed by atoms with van der Waals surface area (Å²) in [4.78, 5) is 0. The molecule has 2 N–H and O–H groups in total. The molecule has 0 saturated heterocycles. The van der Waals surface area contributed by atoms with E-state index in [-0.39, 0.29) is 5.75 Å². The van der Waals surface area contributed by atoms with Gasteiger partial charge in [0.25, 0.3) is 0 Å². The summed E-state index contributed by atoms with van der Waals surface area (Å²) in [6, 6.07) is 14.5. The number of phenolic OH excluding ortho intramolecular Hbond substituents is 1. The van der Waals surface area contributed by atoms with Gasteiger partial charge in [0.1, 0.15) is 5.75 Å². The van der Waals surface area contributed by atoms with E-state index in [0.717, 1.165) is 15.6 Å². The quantitative estimate of drug-likeness (QED) is 0.538. The van der Waals surface area contributed by atoms with Gasteiger partial charge in [0.05, 0.1) is 6.21 Å². The third-order valence-electron chi connectivity index (χ3n) is 2.97. The van der Waals surface area contributed by atoms with Crippen molar-refractivity contribution in [1.29, 1.82) is 0 Å². The summed E-state index contributed by atoms with van der Waals surface area (Å²) < 4.78 is 2.96. The van der Waals surface area contributed by atoms with Crippen molar-refractivity contribution in [3.63, 3.8) is 0 Å². The molecule has 0 unspecified atom stereocenters. The number of halogens is 1. The largest absolute Gasteiger partial charge is 0.508 e. The highest BCUT2D eigenvalue weighted by Crippen LogP contribution is 2.20. The monoisotopic (exact) mass is 374 g/mol. The molecule has 7 heteroatoms. The van der Waals surface area contributed by atoms with Crippen LogP contribution in [-0.4, -0.2) is 26.2 Å². The first-order valence-corrected chi connectivity index (χ1v) is 7.60. The molecule has 3 aromatic rings. The first-order valence-electron chi connectivity index (χ1n) is 6.40. The van der Waals surface area contributed by atoms with Gasteiger partial charge in [-0.1, -0.05) is 28.1 Å².